The molecule has 1 aromatic carbocycles. The fraction of sp³-hybridized carbons (Fsp3) is 0.444. The maximum atomic E-state index is 12.8. The largest absolute Gasteiger partial charge is 0.494 e. The Balaban J connectivity index is 2.23. The third-order valence-corrected chi connectivity index (χ3v) is 7.38. The Hall–Kier alpha value is -2.68. The van der Waals surface area contributed by atoms with Gasteiger partial charge < -0.3 is 9.84 Å². The number of carbonyl (C=O) groups is 1. The highest BCUT2D eigenvalue weighted by Gasteiger charge is 2.41. The molecule has 1 aromatic heterocycles. The molecule has 0 fully saturated rings. The number of thioether (sulfide) groups is 1. The number of hydroxylamine groups is 1. The summed E-state index contributed by atoms with van der Waals surface area (Å²) in [6.07, 6.45) is 1.79. The summed E-state index contributed by atoms with van der Waals surface area (Å²) in [5, 5.41) is 21.9. The molecule has 0 aliphatic heterocycles. The molecule has 1 atom stereocenters. The van der Waals surface area contributed by atoms with Crippen molar-refractivity contribution in [2.75, 3.05) is 18.1 Å². The van der Waals surface area contributed by atoms with Crippen molar-refractivity contribution in [1.82, 2.24) is 20.2 Å². The van der Waals surface area contributed by atoms with Crippen molar-refractivity contribution >= 4 is 27.5 Å². The third kappa shape index (κ3) is 6.41. The molecule has 0 bridgehead atoms. The van der Waals surface area contributed by atoms with E-state index in [0.29, 0.717) is 24.1 Å². The smallest absolute Gasteiger partial charge is 0.339 e. The second-order valence-corrected chi connectivity index (χ2v) is 9.83. The number of amides is 1. The summed E-state index contributed by atoms with van der Waals surface area (Å²) in [6, 6.07) is 5.49. The molecule has 1 unspecified atom stereocenters. The van der Waals surface area contributed by atoms with E-state index in [-0.39, 0.29) is 10.1 Å². The predicted molar refractivity (Wildman–Crippen MR) is 115 cm³/mol. The lowest BCUT2D eigenvalue weighted by Gasteiger charge is -2.25. The Morgan fingerprint density at radius 2 is 1.97 bits per heavy atom. The van der Waals surface area contributed by atoms with E-state index in [1.807, 2.05) is 6.92 Å². The van der Waals surface area contributed by atoms with E-state index >= 15 is 0 Å². The van der Waals surface area contributed by atoms with E-state index in [2.05, 4.69) is 10.1 Å². The first-order valence-corrected chi connectivity index (χ1v) is 12.1. The molecule has 176 valence electrons. The summed E-state index contributed by atoms with van der Waals surface area (Å²) in [6.45, 7) is 2.49. The summed E-state index contributed by atoms with van der Waals surface area (Å²) >= 11 is 0.645. The lowest BCUT2D eigenvalue weighted by Crippen LogP contribution is -2.52. The number of unbranched alkanes of at least 4 members (excludes halogenated alkanes) is 1. The van der Waals surface area contributed by atoms with Crippen LogP contribution in [0.4, 0.5) is 0 Å². The Labute approximate surface area is 187 Å². The van der Waals surface area contributed by atoms with Gasteiger partial charge in [-0.2, -0.15) is 4.98 Å². The number of aromatic amines is 1. The summed E-state index contributed by atoms with van der Waals surface area (Å²) in [4.78, 5) is 38.2. The van der Waals surface area contributed by atoms with Crippen LogP contribution < -0.4 is 21.3 Å². The summed E-state index contributed by atoms with van der Waals surface area (Å²) < 4.78 is 32.2. The number of aromatic nitrogens is 3. The average molecular weight is 489 g/mol. The van der Waals surface area contributed by atoms with Gasteiger partial charge in [0.15, 0.2) is 20.6 Å². The lowest BCUT2D eigenvalue weighted by molar-refractivity contribution is -0.144. The van der Waals surface area contributed by atoms with E-state index < -0.39 is 44.0 Å². The second-order valence-electron chi connectivity index (χ2n) is 6.89. The molecule has 0 saturated carbocycles. The minimum Gasteiger partial charge on any atom is -0.494 e. The van der Waals surface area contributed by atoms with Crippen LogP contribution in [0.1, 0.15) is 19.8 Å². The van der Waals surface area contributed by atoms with Crippen molar-refractivity contribution in [1.29, 1.82) is 0 Å². The number of carbonyl (C=O) groups excluding carboxylic acids is 1. The van der Waals surface area contributed by atoms with Gasteiger partial charge in [-0.15, -0.1) is 0 Å². The van der Waals surface area contributed by atoms with Gasteiger partial charge >= 0.3 is 11.1 Å². The van der Waals surface area contributed by atoms with Crippen LogP contribution in [0.25, 0.3) is 0 Å². The monoisotopic (exact) mass is 488 g/mol. The van der Waals surface area contributed by atoms with E-state index in [9.17, 15) is 27.9 Å². The molecule has 4 N–H and O–H groups in total. The van der Waals surface area contributed by atoms with Crippen molar-refractivity contribution in [3.63, 3.8) is 0 Å². The van der Waals surface area contributed by atoms with Crippen LogP contribution in [0.15, 0.2) is 43.9 Å². The van der Waals surface area contributed by atoms with Gasteiger partial charge in [-0.25, -0.2) is 13.9 Å². The Morgan fingerprint density at radius 3 is 2.56 bits per heavy atom. The van der Waals surface area contributed by atoms with Gasteiger partial charge in [-0.05, 0) is 30.7 Å². The van der Waals surface area contributed by atoms with Crippen LogP contribution in [-0.4, -0.2) is 63.1 Å². The molecule has 12 nitrogen and oxygen atoms in total. The first-order valence-electron chi connectivity index (χ1n) is 9.45. The molecule has 14 heteroatoms. The van der Waals surface area contributed by atoms with Crippen LogP contribution in [0.3, 0.4) is 0 Å². The maximum absolute atomic E-state index is 12.8. The molecule has 0 aliphatic carbocycles. The van der Waals surface area contributed by atoms with Gasteiger partial charge in [0.1, 0.15) is 5.75 Å². The van der Waals surface area contributed by atoms with Crippen LogP contribution in [0.5, 0.6) is 5.75 Å². The minimum absolute atomic E-state index is 0.0789. The summed E-state index contributed by atoms with van der Waals surface area (Å²) in [5.74, 6) is -2.54. The number of benzene rings is 1. The fourth-order valence-corrected chi connectivity index (χ4v) is 5.22. The predicted octanol–water partition coefficient (Wildman–Crippen LogP) is -0.550. The standard InChI is InChI=1S/C18H24N4O8S2/c1-3-4-9-30-12-5-7-13(8-6-12)32(28,29)11-18(26,16(25)21-27)10-31-17-19-14(23)15(24)20-22(17)2/h5-8,26-27H,3-4,9-11H2,1-2H3,(H,20,24)(H,21,25). The first-order chi connectivity index (χ1) is 15.0. The topological polar surface area (TPSA) is 181 Å². The molecule has 0 saturated heterocycles. The Morgan fingerprint density at radius 1 is 1.31 bits per heavy atom. The molecule has 2 rings (SSSR count). The minimum atomic E-state index is -4.18. The van der Waals surface area contributed by atoms with Gasteiger partial charge in [-0.3, -0.25) is 29.4 Å². The van der Waals surface area contributed by atoms with Gasteiger partial charge in [-0.1, -0.05) is 25.1 Å². The normalized spacial score (nSPS) is 13.4. The Bertz CT molecular complexity index is 1160. The number of ether oxygens (including phenoxy) is 1. The van der Waals surface area contributed by atoms with Crippen LogP contribution >= 0.6 is 11.8 Å². The van der Waals surface area contributed by atoms with Gasteiger partial charge in [0.25, 0.3) is 5.91 Å². The molecule has 32 heavy (non-hydrogen) atoms. The van der Waals surface area contributed by atoms with E-state index in [1.54, 1.807) is 0 Å². The molecule has 0 aliphatic rings. The zero-order valence-corrected chi connectivity index (χ0v) is 19.0. The number of aliphatic hydroxyl groups is 1. The van der Waals surface area contributed by atoms with Gasteiger partial charge in [0, 0.05) is 12.8 Å². The highest BCUT2D eigenvalue weighted by atomic mass is 32.2. The summed E-state index contributed by atoms with van der Waals surface area (Å²) in [5.41, 5.74) is -3.38. The molecular weight excluding hydrogens is 464 g/mol. The fourth-order valence-electron chi connectivity index (χ4n) is 2.53. The molecule has 2 aromatic rings. The number of hydrogen-bond donors (Lipinski definition) is 4. The maximum Gasteiger partial charge on any atom is 0.339 e. The summed E-state index contributed by atoms with van der Waals surface area (Å²) in [7, 11) is -2.82. The highest BCUT2D eigenvalue weighted by Crippen LogP contribution is 2.25. The molecule has 0 spiro atoms. The number of nitrogens with zero attached hydrogens (tertiary/aromatic N) is 2. The van der Waals surface area contributed by atoms with Crippen molar-refractivity contribution in [2.45, 2.75) is 35.4 Å². The van der Waals surface area contributed by atoms with Gasteiger partial charge in [0.2, 0.25) is 0 Å². The molecular formula is C18H24N4O8S2. The van der Waals surface area contributed by atoms with Crippen molar-refractivity contribution in [3.8, 4) is 5.75 Å². The number of rotatable bonds is 11. The quantitative estimate of drug-likeness (QED) is 0.105. The first kappa shape index (κ1) is 25.6. The van der Waals surface area contributed by atoms with Gasteiger partial charge in [0.05, 0.1) is 17.3 Å². The Kier molecular flexibility index (Phi) is 8.60. The van der Waals surface area contributed by atoms with Crippen molar-refractivity contribution in [3.05, 3.63) is 45.0 Å². The number of aryl methyl sites for hydroxylation is 1. The molecule has 1 heterocycles. The third-order valence-electron chi connectivity index (χ3n) is 4.29. The number of nitrogens with one attached hydrogen (secondary N) is 2. The average Bonchev–Trinajstić information content (AvgIpc) is 2.75. The van der Waals surface area contributed by atoms with E-state index in [1.165, 1.54) is 36.8 Å². The number of H-pyrrole nitrogens is 1. The van der Waals surface area contributed by atoms with Crippen LogP contribution in [0.2, 0.25) is 0 Å². The number of sulfone groups is 1. The molecule has 1 amide bonds. The van der Waals surface area contributed by atoms with Crippen molar-refractivity contribution in [2.24, 2.45) is 7.05 Å². The van der Waals surface area contributed by atoms with E-state index in [4.69, 9.17) is 9.94 Å². The molecule has 0 radical (unpaired) electrons. The lowest BCUT2D eigenvalue weighted by atomic mass is 10.1. The van der Waals surface area contributed by atoms with Crippen LogP contribution in [-0.2, 0) is 21.7 Å². The highest BCUT2D eigenvalue weighted by molar-refractivity contribution is 7.99. The number of hydrogen-bond acceptors (Lipinski definition) is 10. The second kappa shape index (κ2) is 10.8. The zero-order valence-electron chi connectivity index (χ0n) is 17.4. The van der Waals surface area contributed by atoms with Crippen molar-refractivity contribution < 1.29 is 28.3 Å². The zero-order chi connectivity index (χ0) is 23.9. The van der Waals surface area contributed by atoms with E-state index in [0.717, 1.165) is 17.5 Å². The SMILES string of the molecule is CCCCOc1ccc(S(=O)(=O)CC(O)(CSc2nc(=O)c(=O)[nH]n2C)C(=O)NO)cc1. The van der Waals surface area contributed by atoms with Crippen LogP contribution in [0, 0.1) is 0 Å².